The maximum Gasteiger partial charge on any atom is 0.472 e. The van der Waals surface area contributed by atoms with Crippen LogP contribution in [0.5, 0.6) is 0 Å². The Morgan fingerprint density at radius 1 is 0.279 bits per heavy atom. The molecule has 5 atom stereocenters. The Bertz CT molecular complexity index is 2440. The van der Waals surface area contributed by atoms with E-state index in [1.807, 2.05) is 18.2 Å². The maximum absolute atomic E-state index is 13.1. The van der Waals surface area contributed by atoms with E-state index >= 15 is 0 Å². The van der Waals surface area contributed by atoms with Crippen molar-refractivity contribution in [3.8, 4) is 0 Å². The van der Waals surface area contributed by atoms with Gasteiger partial charge in [0.25, 0.3) is 0 Å². The van der Waals surface area contributed by atoms with Crippen molar-refractivity contribution >= 4 is 39.5 Å². The van der Waals surface area contributed by atoms with E-state index in [0.29, 0.717) is 32.1 Å². The van der Waals surface area contributed by atoms with Crippen LogP contribution in [0.3, 0.4) is 0 Å². The van der Waals surface area contributed by atoms with Crippen molar-refractivity contribution in [2.45, 2.75) is 354 Å². The van der Waals surface area contributed by atoms with E-state index in [-0.39, 0.29) is 25.7 Å². The van der Waals surface area contributed by atoms with Gasteiger partial charge in [-0.2, -0.15) is 0 Å². The first kappa shape index (κ1) is 99.5. The fraction of sp³-hybridized carbons (Fsp3) is 0.718. The van der Waals surface area contributed by atoms with Crippen molar-refractivity contribution in [1.82, 2.24) is 0 Å². The lowest BCUT2D eigenvalue weighted by molar-refractivity contribution is -0.161. The average Bonchev–Trinajstić information content (AvgIpc) is 0.918. The minimum atomic E-state index is -5.00. The molecule has 19 heteroatoms. The van der Waals surface area contributed by atoms with Gasteiger partial charge in [0.2, 0.25) is 0 Å². The van der Waals surface area contributed by atoms with Crippen molar-refractivity contribution in [2.75, 3.05) is 39.6 Å². The van der Waals surface area contributed by atoms with E-state index in [9.17, 15) is 43.2 Å². The van der Waals surface area contributed by atoms with Crippen LogP contribution in [0, 0.1) is 0 Å². The molecular weight excluding hydrogens is 1350 g/mol. The molecule has 5 unspecified atom stereocenters. The topological polar surface area (TPSA) is 237 Å². The predicted octanol–water partition coefficient (Wildman–Crippen LogP) is 23.9. The molecule has 3 N–H and O–H groups in total. The zero-order chi connectivity index (χ0) is 76.0. The summed E-state index contributed by atoms with van der Waals surface area (Å²) in [5, 5.41) is 10.6. The lowest BCUT2D eigenvalue weighted by Gasteiger charge is -2.21. The molecule has 0 rings (SSSR count). The Morgan fingerprint density at radius 2 is 0.519 bits per heavy atom. The van der Waals surface area contributed by atoms with Gasteiger partial charge in [-0.1, -0.05) is 284 Å². The summed E-state index contributed by atoms with van der Waals surface area (Å²) < 4.78 is 68.6. The second-order valence-electron chi connectivity index (χ2n) is 27.0. The van der Waals surface area contributed by atoms with Crippen LogP contribution < -0.4 is 0 Å². The largest absolute Gasteiger partial charge is 0.472 e. The molecule has 0 aliphatic rings. The molecule has 0 aliphatic heterocycles. The summed E-state index contributed by atoms with van der Waals surface area (Å²) in [5.41, 5.74) is 0. The number of allylic oxidation sites excluding steroid dienone is 20. The van der Waals surface area contributed by atoms with Crippen molar-refractivity contribution in [2.24, 2.45) is 0 Å². The highest BCUT2D eigenvalue weighted by molar-refractivity contribution is 7.47. The molecule has 0 saturated heterocycles. The molecule has 0 aromatic heterocycles. The Kier molecular flexibility index (Phi) is 73.3. The third-order valence-electron chi connectivity index (χ3n) is 16.9. The number of esters is 4. The van der Waals surface area contributed by atoms with Gasteiger partial charge in [-0.15, -0.1) is 0 Å². The summed E-state index contributed by atoms with van der Waals surface area (Å²) in [4.78, 5) is 73.0. The van der Waals surface area contributed by atoms with Gasteiger partial charge < -0.3 is 33.8 Å². The lowest BCUT2D eigenvalue weighted by atomic mass is 10.1. The Labute approximate surface area is 632 Å². The zero-order valence-electron chi connectivity index (χ0n) is 65.4. The van der Waals surface area contributed by atoms with E-state index in [1.54, 1.807) is 0 Å². The van der Waals surface area contributed by atoms with Gasteiger partial charge in [-0.3, -0.25) is 37.3 Å². The fourth-order valence-electron chi connectivity index (χ4n) is 10.7. The Morgan fingerprint density at radius 3 is 0.856 bits per heavy atom. The summed E-state index contributed by atoms with van der Waals surface area (Å²) in [7, 11) is -9.99. The first-order valence-electron chi connectivity index (χ1n) is 40.8. The van der Waals surface area contributed by atoms with Crippen LogP contribution in [-0.4, -0.2) is 96.7 Å². The SMILES string of the molecule is CCC=CCC=CCC=CCC=CCC=CCC=CCCC(=O)OCC(COP(=O)(O)OCC(O)COP(=O)(O)OCC(COC(=O)CCCCCCCC=CCCCCCCCC)OC(=O)CCCCCCCC=CCCCCCCCC)OC(=O)CCCCCCCC=CCC=CCCCCC. The molecule has 0 bridgehead atoms. The minimum absolute atomic E-state index is 0.0309. The molecule has 104 heavy (non-hydrogen) atoms. The number of rotatable bonds is 76. The standard InChI is InChI=1S/C85H146O17P2/c1-5-9-13-17-21-25-29-33-37-38-39-40-44-46-50-54-58-62-66-70-83(88)96-76-81(102-85(90)72-68-64-60-56-52-48-43-36-32-28-24-20-16-12-8-4)78-100-104(93,94)98-74-79(86)73-97-103(91,92)99-77-80(101-84(89)71-67-63-59-55-51-47-42-35-31-27-23-19-15-11-7-3)75-95-82(87)69-65-61-57-53-49-45-41-34-30-26-22-18-14-10-6-2/h9,13,21,24-25,28,33-37,39-43,46,50,58,62,79-81,86H,5-8,10-12,14-20,22-23,26-27,29-32,38,44-45,47-49,51-57,59-61,63-78H2,1-4H3,(H,91,92)(H,93,94). The fourth-order valence-corrected chi connectivity index (χ4v) is 12.3. The number of aliphatic hydroxyl groups is 1. The number of phosphoric acid groups is 2. The van der Waals surface area contributed by atoms with Crippen LogP contribution in [0.1, 0.15) is 336 Å². The Hall–Kier alpha value is -4.54. The zero-order valence-corrected chi connectivity index (χ0v) is 67.2. The van der Waals surface area contributed by atoms with Crippen LogP contribution in [0.15, 0.2) is 122 Å². The van der Waals surface area contributed by atoms with Crippen LogP contribution in [0.4, 0.5) is 0 Å². The second-order valence-corrected chi connectivity index (χ2v) is 29.9. The maximum atomic E-state index is 13.1. The van der Waals surface area contributed by atoms with Gasteiger partial charge in [0, 0.05) is 25.7 Å². The monoisotopic (exact) mass is 1500 g/mol. The first-order valence-corrected chi connectivity index (χ1v) is 43.8. The number of phosphoric ester groups is 2. The van der Waals surface area contributed by atoms with Crippen LogP contribution >= 0.6 is 15.6 Å². The van der Waals surface area contributed by atoms with Crippen molar-refractivity contribution in [3.05, 3.63) is 122 Å². The number of ether oxygens (including phenoxy) is 4. The van der Waals surface area contributed by atoms with E-state index < -0.39 is 97.5 Å². The lowest BCUT2D eigenvalue weighted by Crippen LogP contribution is -2.30. The summed E-state index contributed by atoms with van der Waals surface area (Å²) in [6, 6.07) is 0. The predicted molar refractivity (Wildman–Crippen MR) is 427 cm³/mol. The minimum Gasteiger partial charge on any atom is -0.462 e. The third-order valence-corrected chi connectivity index (χ3v) is 18.8. The molecule has 0 amide bonds. The quantitative estimate of drug-likeness (QED) is 0.0169. The van der Waals surface area contributed by atoms with Gasteiger partial charge >= 0.3 is 39.5 Å². The van der Waals surface area contributed by atoms with Crippen molar-refractivity contribution < 1.29 is 80.2 Å². The number of hydrogen-bond acceptors (Lipinski definition) is 15. The highest BCUT2D eigenvalue weighted by atomic mass is 31.2. The number of carbonyl (C=O) groups excluding carboxylic acids is 4. The molecule has 0 aromatic carbocycles. The molecule has 0 aromatic rings. The van der Waals surface area contributed by atoms with E-state index in [0.717, 1.165) is 154 Å². The van der Waals surface area contributed by atoms with E-state index in [4.69, 9.17) is 37.0 Å². The number of carbonyl (C=O) groups is 4. The smallest absolute Gasteiger partial charge is 0.462 e. The highest BCUT2D eigenvalue weighted by Gasteiger charge is 2.30. The van der Waals surface area contributed by atoms with Crippen molar-refractivity contribution in [3.63, 3.8) is 0 Å². The average molecular weight is 1500 g/mol. The van der Waals surface area contributed by atoms with Crippen LogP contribution in [-0.2, 0) is 65.4 Å². The Balaban J connectivity index is 5.44. The summed E-state index contributed by atoms with van der Waals surface area (Å²) >= 11 is 0. The number of hydrogen-bond donors (Lipinski definition) is 3. The molecular formula is C85H146O17P2. The van der Waals surface area contributed by atoms with E-state index in [1.165, 1.54) is 96.3 Å². The summed E-state index contributed by atoms with van der Waals surface area (Å²) in [6.07, 6.45) is 84.7. The molecule has 0 spiro atoms. The van der Waals surface area contributed by atoms with E-state index in [2.05, 4.69) is 131 Å². The van der Waals surface area contributed by atoms with Crippen molar-refractivity contribution in [1.29, 1.82) is 0 Å². The molecule has 0 aliphatic carbocycles. The molecule has 598 valence electrons. The first-order chi connectivity index (χ1) is 50.7. The molecule has 17 nitrogen and oxygen atoms in total. The number of unbranched alkanes of at least 4 members (excludes halogenated alkanes) is 30. The van der Waals surface area contributed by atoms with Crippen LogP contribution in [0.25, 0.3) is 0 Å². The van der Waals surface area contributed by atoms with Gasteiger partial charge in [0.15, 0.2) is 12.2 Å². The number of aliphatic hydroxyl groups excluding tert-OH is 1. The van der Waals surface area contributed by atoms with Gasteiger partial charge in [-0.25, -0.2) is 9.13 Å². The summed E-state index contributed by atoms with van der Waals surface area (Å²) in [5.74, 6) is -2.30. The molecule has 0 radical (unpaired) electrons. The highest BCUT2D eigenvalue weighted by Crippen LogP contribution is 2.45. The van der Waals surface area contributed by atoms with Gasteiger partial charge in [0.1, 0.15) is 19.3 Å². The molecule has 0 fully saturated rings. The second kappa shape index (κ2) is 76.6. The van der Waals surface area contributed by atoms with Gasteiger partial charge in [0.05, 0.1) is 26.4 Å². The molecule has 0 heterocycles. The normalized spacial score (nSPS) is 14.5. The summed E-state index contributed by atoms with van der Waals surface area (Å²) in [6.45, 7) is 4.63. The molecule has 0 saturated carbocycles. The third kappa shape index (κ3) is 75.7. The van der Waals surface area contributed by atoms with Gasteiger partial charge in [-0.05, 0) is 148 Å². The van der Waals surface area contributed by atoms with Crippen LogP contribution in [0.2, 0.25) is 0 Å².